The van der Waals surface area contributed by atoms with E-state index in [1.165, 1.54) is 12.4 Å². The third-order valence-electron chi connectivity index (χ3n) is 5.20. The summed E-state index contributed by atoms with van der Waals surface area (Å²) in [6, 6.07) is 9.69. The van der Waals surface area contributed by atoms with E-state index < -0.39 is 11.6 Å². The topological polar surface area (TPSA) is 85.4 Å². The van der Waals surface area contributed by atoms with Crippen LogP contribution < -0.4 is 5.73 Å². The molecule has 0 saturated heterocycles. The molecule has 5 rings (SSSR count). The first-order valence-corrected chi connectivity index (χ1v) is 10.2. The minimum Gasteiger partial charge on any atom is -0.344 e. The number of aromatic nitrogens is 5. The molecule has 2 aromatic carbocycles. The third kappa shape index (κ3) is 3.63. The lowest BCUT2D eigenvalue weighted by Gasteiger charge is -2.08. The Bertz CT molecular complexity index is 1440. The quantitative estimate of drug-likeness (QED) is 0.367. The maximum Gasteiger partial charge on any atom is 0.144 e. The molecule has 0 atom stereocenters. The number of rotatable bonds is 5. The van der Waals surface area contributed by atoms with Gasteiger partial charge in [0, 0.05) is 52.6 Å². The lowest BCUT2D eigenvalue weighted by Crippen LogP contribution is -2.09. The van der Waals surface area contributed by atoms with Crippen LogP contribution in [0.2, 0.25) is 5.02 Å². The number of H-pyrrole nitrogens is 1. The minimum absolute atomic E-state index is 0.142. The molecule has 0 radical (unpaired) electrons. The van der Waals surface area contributed by atoms with Crippen LogP contribution >= 0.6 is 11.6 Å². The van der Waals surface area contributed by atoms with Crippen LogP contribution in [0, 0.1) is 11.6 Å². The zero-order valence-electron chi connectivity index (χ0n) is 16.7. The number of halogens is 3. The molecule has 0 fully saturated rings. The number of nitrogens with one attached hydrogen (secondary N) is 1. The van der Waals surface area contributed by atoms with Gasteiger partial charge in [-0.2, -0.15) is 5.10 Å². The molecule has 0 aliphatic carbocycles. The number of benzene rings is 2. The number of nitrogens with two attached hydrogens (primary N) is 1. The standard InChI is InChI=1S/C23H17ClF2N6/c24-18-7-17(19(25)8-20(18)26)23-22(29-12-30-23)13-1-2-21-14(5-13)6-15(9-28-21)16-10-31-32(11-16)4-3-27/h1-2,5-12H,3-4,27H2,(H,29,30). The van der Waals surface area contributed by atoms with Crippen LogP contribution in [-0.4, -0.2) is 31.3 Å². The van der Waals surface area contributed by atoms with Crippen molar-refractivity contribution in [2.24, 2.45) is 5.73 Å². The number of imidazole rings is 1. The molecule has 3 aromatic heterocycles. The van der Waals surface area contributed by atoms with Crippen LogP contribution in [0.1, 0.15) is 0 Å². The number of fused-ring (bicyclic) bond motifs is 1. The van der Waals surface area contributed by atoms with Crippen LogP contribution in [0.4, 0.5) is 8.78 Å². The number of pyridine rings is 1. The molecule has 160 valence electrons. The third-order valence-corrected chi connectivity index (χ3v) is 5.49. The summed E-state index contributed by atoms with van der Waals surface area (Å²) in [5.41, 5.74) is 10.1. The largest absolute Gasteiger partial charge is 0.344 e. The molecule has 0 aliphatic rings. The normalized spacial score (nSPS) is 11.4. The summed E-state index contributed by atoms with van der Waals surface area (Å²) < 4.78 is 29.9. The fourth-order valence-corrected chi connectivity index (χ4v) is 3.80. The van der Waals surface area contributed by atoms with Gasteiger partial charge in [0.05, 0.1) is 41.0 Å². The predicted octanol–water partition coefficient (Wildman–Crippen LogP) is 5.05. The molecule has 6 nitrogen and oxygen atoms in total. The average molecular weight is 451 g/mol. The van der Waals surface area contributed by atoms with Gasteiger partial charge in [0.25, 0.3) is 0 Å². The smallest absolute Gasteiger partial charge is 0.144 e. The van der Waals surface area contributed by atoms with Gasteiger partial charge in [0.1, 0.15) is 11.6 Å². The lowest BCUT2D eigenvalue weighted by molar-refractivity contribution is 0.585. The fraction of sp³-hybridized carbons (Fsp3) is 0.0870. The molecule has 9 heteroatoms. The maximum atomic E-state index is 14.5. The van der Waals surface area contributed by atoms with Gasteiger partial charge in [-0.05, 0) is 24.3 Å². The van der Waals surface area contributed by atoms with Crippen molar-refractivity contribution in [3.8, 4) is 33.6 Å². The average Bonchev–Trinajstić information content (AvgIpc) is 3.46. The summed E-state index contributed by atoms with van der Waals surface area (Å²) in [5.74, 6) is -1.54. The predicted molar refractivity (Wildman–Crippen MR) is 120 cm³/mol. The van der Waals surface area contributed by atoms with Crippen LogP contribution in [-0.2, 0) is 6.54 Å². The van der Waals surface area contributed by atoms with Crippen LogP contribution in [0.25, 0.3) is 44.5 Å². The van der Waals surface area contributed by atoms with Crippen molar-refractivity contribution < 1.29 is 8.78 Å². The highest BCUT2D eigenvalue weighted by molar-refractivity contribution is 6.31. The van der Waals surface area contributed by atoms with E-state index in [-0.39, 0.29) is 10.6 Å². The van der Waals surface area contributed by atoms with Crippen LogP contribution in [0.3, 0.4) is 0 Å². The second-order valence-corrected chi connectivity index (χ2v) is 7.69. The first kappa shape index (κ1) is 20.3. The van der Waals surface area contributed by atoms with Crippen molar-refractivity contribution in [1.29, 1.82) is 0 Å². The molecule has 0 saturated carbocycles. The molecule has 0 spiro atoms. The molecule has 5 aromatic rings. The van der Waals surface area contributed by atoms with Gasteiger partial charge in [0.15, 0.2) is 0 Å². The van der Waals surface area contributed by atoms with E-state index in [2.05, 4.69) is 20.1 Å². The molecule has 0 aliphatic heterocycles. The first-order chi connectivity index (χ1) is 15.5. The summed E-state index contributed by atoms with van der Waals surface area (Å²) in [6.45, 7) is 1.14. The van der Waals surface area contributed by atoms with Gasteiger partial charge in [-0.3, -0.25) is 9.67 Å². The fourth-order valence-electron chi connectivity index (χ4n) is 3.64. The Labute approximate surface area is 186 Å². The van der Waals surface area contributed by atoms with Crippen molar-refractivity contribution >= 4 is 22.5 Å². The number of aromatic amines is 1. The van der Waals surface area contributed by atoms with Gasteiger partial charge in [-0.1, -0.05) is 17.7 Å². The molecule has 0 unspecified atom stereocenters. The Morgan fingerprint density at radius 1 is 0.969 bits per heavy atom. The summed E-state index contributed by atoms with van der Waals surface area (Å²) in [5, 5.41) is 5.03. The summed E-state index contributed by atoms with van der Waals surface area (Å²) >= 11 is 5.88. The second-order valence-electron chi connectivity index (χ2n) is 7.28. The van der Waals surface area contributed by atoms with E-state index in [4.69, 9.17) is 17.3 Å². The van der Waals surface area contributed by atoms with E-state index >= 15 is 0 Å². The van der Waals surface area contributed by atoms with Crippen molar-refractivity contribution in [1.82, 2.24) is 24.7 Å². The molecule has 3 N–H and O–H groups in total. The van der Waals surface area contributed by atoms with Crippen molar-refractivity contribution in [2.45, 2.75) is 6.54 Å². The Morgan fingerprint density at radius 3 is 2.66 bits per heavy atom. The lowest BCUT2D eigenvalue weighted by atomic mass is 10.0. The van der Waals surface area contributed by atoms with Gasteiger partial charge in [-0.15, -0.1) is 0 Å². The van der Waals surface area contributed by atoms with Crippen LogP contribution in [0.5, 0.6) is 0 Å². The van der Waals surface area contributed by atoms with Gasteiger partial charge in [0.2, 0.25) is 0 Å². The molecular weight excluding hydrogens is 434 g/mol. The van der Waals surface area contributed by atoms with Crippen molar-refractivity contribution in [2.75, 3.05) is 6.54 Å². The zero-order chi connectivity index (χ0) is 22.2. The second kappa shape index (κ2) is 8.14. The Hall–Kier alpha value is -3.62. The minimum atomic E-state index is -0.812. The molecule has 0 bridgehead atoms. The van der Waals surface area contributed by atoms with E-state index in [0.29, 0.717) is 24.5 Å². The van der Waals surface area contributed by atoms with E-state index in [9.17, 15) is 8.78 Å². The first-order valence-electron chi connectivity index (χ1n) is 9.85. The Balaban J connectivity index is 1.57. The molecule has 32 heavy (non-hydrogen) atoms. The Kier molecular flexibility index (Phi) is 5.16. The number of hydrogen-bond donors (Lipinski definition) is 2. The summed E-state index contributed by atoms with van der Waals surface area (Å²) in [7, 11) is 0. The van der Waals surface area contributed by atoms with Gasteiger partial charge >= 0.3 is 0 Å². The van der Waals surface area contributed by atoms with Gasteiger partial charge < -0.3 is 10.7 Å². The van der Waals surface area contributed by atoms with Crippen molar-refractivity contribution in [3.63, 3.8) is 0 Å². The molecule has 0 amide bonds. The number of hydrogen-bond acceptors (Lipinski definition) is 4. The van der Waals surface area contributed by atoms with E-state index in [1.807, 2.05) is 30.5 Å². The molecule has 3 heterocycles. The highest BCUT2D eigenvalue weighted by atomic mass is 35.5. The monoisotopic (exact) mass is 450 g/mol. The number of nitrogens with zero attached hydrogens (tertiary/aromatic N) is 4. The van der Waals surface area contributed by atoms with E-state index in [0.717, 1.165) is 33.7 Å². The highest BCUT2D eigenvalue weighted by Crippen LogP contribution is 2.34. The van der Waals surface area contributed by atoms with Gasteiger partial charge in [-0.25, -0.2) is 13.8 Å². The maximum absolute atomic E-state index is 14.5. The SMILES string of the molecule is NCCn1cc(-c2cnc3ccc(-c4nc[nH]c4-c4cc(Cl)c(F)cc4F)cc3c2)cn1. The highest BCUT2D eigenvalue weighted by Gasteiger charge is 2.17. The molecular formula is C23H17ClF2N6. The summed E-state index contributed by atoms with van der Waals surface area (Å²) in [6.07, 6.45) is 6.95. The van der Waals surface area contributed by atoms with Crippen LogP contribution in [0.15, 0.2) is 61.3 Å². The van der Waals surface area contributed by atoms with Crippen molar-refractivity contribution in [3.05, 3.63) is 78.0 Å². The zero-order valence-corrected chi connectivity index (χ0v) is 17.4. The van der Waals surface area contributed by atoms with E-state index in [1.54, 1.807) is 17.1 Å². The Morgan fingerprint density at radius 2 is 1.81 bits per heavy atom. The summed E-state index contributed by atoms with van der Waals surface area (Å²) in [4.78, 5) is 11.8.